The molecule has 21 heavy (non-hydrogen) atoms. The van der Waals surface area contributed by atoms with E-state index < -0.39 is 10.0 Å². The van der Waals surface area contributed by atoms with E-state index in [1.807, 2.05) is 12.1 Å². The SMILES string of the molecule is Cn1nnc(Br)c1S(=O)(=O)Nc1ccc2c(c1)NCCC2. The molecule has 0 saturated carbocycles. The molecule has 0 unspecified atom stereocenters. The first-order valence-electron chi connectivity index (χ1n) is 6.42. The number of hydrogen-bond donors (Lipinski definition) is 2. The number of halogens is 1. The molecule has 0 bridgehead atoms. The number of anilines is 2. The Kier molecular flexibility index (Phi) is 3.62. The Morgan fingerprint density at radius 2 is 2.24 bits per heavy atom. The number of aromatic nitrogens is 3. The molecule has 1 aliphatic rings. The monoisotopic (exact) mass is 371 g/mol. The lowest BCUT2D eigenvalue weighted by molar-refractivity contribution is 0.578. The molecular weight excluding hydrogens is 358 g/mol. The predicted molar refractivity (Wildman–Crippen MR) is 82.8 cm³/mol. The molecule has 2 N–H and O–H groups in total. The van der Waals surface area contributed by atoms with E-state index in [2.05, 4.69) is 36.3 Å². The van der Waals surface area contributed by atoms with E-state index in [0.717, 1.165) is 25.1 Å². The van der Waals surface area contributed by atoms with Gasteiger partial charge >= 0.3 is 0 Å². The highest BCUT2D eigenvalue weighted by Crippen LogP contribution is 2.27. The van der Waals surface area contributed by atoms with Crippen molar-refractivity contribution in [2.45, 2.75) is 17.9 Å². The minimum absolute atomic E-state index is 0.00631. The molecule has 0 aliphatic carbocycles. The van der Waals surface area contributed by atoms with Crippen LogP contribution in [0.25, 0.3) is 0 Å². The Hall–Kier alpha value is -1.61. The molecule has 112 valence electrons. The van der Waals surface area contributed by atoms with Crippen LogP contribution < -0.4 is 10.0 Å². The van der Waals surface area contributed by atoms with Crippen LogP contribution in [-0.4, -0.2) is 30.0 Å². The number of sulfonamides is 1. The lowest BCUT2D eigenvalue weighted by atomic mass is 10.0. The minimum Gasteiger partial charge on any atom is -0.385 e. The van der Waals surface area contributed by atoms with Gasteiger partial charge in [-0.15, -0.1) is 5.10 Å². The first-order chi connectivity index (χ1) is 9.97. The second-order valence-electron chi connectivity index (χ2n) is 4.82. The van der Waals surface area contributed by atoms with Crippen molar-refractivity contribution in [3.63, 3.8) is 0 Å². The van der Waals surface area contributed by atoms with E-state index in [-0.39, 0.29) is 9.63 Å². The average molecular weight is 372 g/mol. The Morgan fingerprint density at radius 3 is 2.95 bits per heavy atom. The maximum absolute atomic E-state index is 12.4. The standard InChI is InChI=1S/C12H14BrN5O2S/c1-18-12(11(13)15-17-18)21(19,20)16-9-5-4-8-3-2-6-14-10(8)7-9/h4-5,7,14,16H,2-3,6H2,1H3. The van der Waals surface area contributed by atoms with Gasteiger partial charge in [-0.3, -0.25) is 4.72 Å². The molecule has 0 spiro atoms. The van der Waals surface area contributed by atoms with E-state index in [1.54, 1.807) is 6.07 Å². The van der Waals surface area contributed by atoms with Gasteiger partial charge in [-0.1, -0.05) is 11.3 Å². The largest absolute Gasteiger partial charge is 0.385 e. The number of fused-ring (bicyclic) bond motifs is 1. The summed E-state index contributed by atoms with van der Waals surface area (Å²) in [4.78, 5) is 0. The van der Waals surface area contributed by atoms with E-state index >= 15 is 0 Å². The summed E-state index contributed by atoms with van der Waals surface area (Å²) in [7, 11) is -2.22. The van der Waals surface area contributed by atoms with Gasteiger partial charge in [-0.2, -0.15) is 8.42 Å². The van der Waals surface area contributed by atoms with Crippen LogP contribution in [0.2, 0.25) is 0 Å². The quantitative estimate of drug-likeness (QED) is 0.857. The van der Waals surface area contributed by atoms with E-state index in [4.69, 9.17) is 0 Å². The molecule has 1 aliphatic heterocycles. The fourth-order valence-electron chi connectivity index (χ4n) is 2.34. The highest BCUT2D eigenvalue weighted by atomic mass is 79.9. The van der Waals surface area contributed by atoms with Crippen molar-refractivity contribution in [1.82, 2.24) is 15.0 Å². The summed E-state index contributed by atoms with van der Waals surface area (Å²) in [6, 6.07) is 5.51. The number of benzene rings is 1. The first kappa shape index (κ1) is 14.3. The molecule has 3 rings (SSSR count). The predicted octanol–water partition coefficient (Wildman–Crippen LogP) is 1.74. The molecule has 0 fully saturated rings. The van der Waals surface area contributed by atoms with Crippen LogP contribution in [0.1, 0.15) is 12.0 Å². The zero-order chi connectivity index (χ0) is 15.0. The van der Waals surface area contributed by atoms with Gasteiger partial charge in [0.15, 0.2) is 4.60 Å². The van der Waals surface area contributed by atoms with E-state index in [9.17, 15) is 8.42 Å². The van der Waals surface area contributed by atoms with Gasteiger partial charge in [0.1, 0.15) is 0 Å². The van der Waals surface area contributed by atoms with Crippen molar-refractivity contribution in [2.24, 2.45) is 7.05 Å². The summed E-state index contributed by atoms with van der Waals surface area (Å²) in [5.41, 5.74) is 2.69. The Balaban J connectivity index is 1.93. The first-order valence-corrected chi connectivity index (χ1v) is 8.70. The molecule has 0 atom stereocenters. The molecule has 1 aromatic heterocycles. The van der Waals surface area contributed by atoms with Crippen LogP contribution >= 0.6 is 15.9 Å². The summed E-state index contributed by atoms with van der Waals surface area (Å²) in [6.07, 6.45) is 2.10. The number of rotatable bonds is 3. The van der Waals surface area contributed by atoms with Gasteiger partial charge in [0.25, 0.3) is 10.0 Å². The van der Waals surface area contributed by atoms with Crippen molar-refractivity contribution in [3.05, 3.63) is 28.4 Å². The summed E-state index contributed by atoms with van der Waals surface area (Å²) < 4.78 is 28.8. The third-order valence-electron chi connectivity index (χ3n) is 3.29. The maximum atomic E-state index is 12.4. The zero-order valence-electron chi connectivity index (χ0n) is 11.3. The maximum Gasteiger partial charge on any atom is 0.281 e. The molecule has 1 aromatic carbocycles. The van der Waals surface area contributed by atoms with Crippen LogP contribution in [0, 0.1) is 0 Å². The Bertz CT molecular complexity index is 767. The van der Waals surface area contributed by atoms with Gasteiger partial charge in [0, 0.05) is 19.3 Å². The number of nitrogens with one attached hydrogen (secondary N) is 2. The molecule has 0 amide bonds. The van der Waals surface area contributed by atoms with E-state index in [0.29, 0.717) is 5.69 Å². The lowest BCUT2D eigenvalue weighted by Gasteiger charge is -2.19. The molecule has 0 radical (unpaired) electrons. The normalized spacial score (nSPS) is 14.4. The van der Waals surface area contributed by atoms with Crippen molar-refractivity contribution in [1.29, 1.82) is 0 Å². The van der Waals surface area contributed by atoms with E-state index in [1.165, 1.54) is 17.3 Å². The summed E-state index contributed by atoms with van der Waals surface area (Å²) in [5.74, 6) is 0. The highest BCUT2D eigenvalue weighted by Gasteiger charge is 2.24. The third kappa shape index (κ3) is 2.75. The fraction of sp³-hybridized carbons (Fsp3) is 0.333. The summed E-state index contributed by atoms with van der Waals surface area (Å²) >= 11 is 3.10. The van der Waals surface area contributed by atoms with Crippen molar-refractivity contribution in [2.75, 3.05) is 16.6 Å². The molecule has 2 heterocycles. The van der Waals surface area contributed by atoms with Crippen molar-refractivity contribution in [3.8, 4) is 0 Å². The van der Waals surface area contributed by atoms with Gasteiger partial charge in [-0.25, -0.2) is 4.68 Å². The van der Waals surface area contributed by atoms with Crippen molar-refractivity contribution < 1.29 is 8.42 Å². The molecule has 7 nitrogen and oxygen atoms in total. The fourth-order valence-corrected chi connectivity index (χ4v) is 4.48. The van der Waals surface area contributed by atoms with Crippen molar-refractivity contribution >= 4 is 37.3 Å². The smallest absolute Gasteiger partial charge is 0.281 e. The van der Waals surface area contributed by atoms with Crippen LogP contribution in [0.5, 0.6) is 0 Å². The van der Waals surface area contributed by atoms with Gasteiger partial charge in [0.05, 0.1) is 5.69 Å². The lowest BCUT2D eigenvalue weighted by Crippen LogP contribution is -2.18. The minimum atomic E-state index is -3.74. The van der Waals surface area contributed by atoms with Crippen LogP contribution in [-0.2, 0) is 23.5 Å². The van der Waals surface area contributed by atoms with Crippen LogP contribution in [0.15, 0.2) is 27.8 Å². The zero-order valence-corrected chi connectivity index (χ0v) is 13.7. The summed E-state index contributed by atoms with van der Waals surface area (Å²) in [5, 5.41) is 10.6. The Morgan fingerprint density at radius 1 is 1.43 bits per heavy atom. The second kappa shape index (κ2) is 5.30. The topological polar surface area (TPSA) is 88.9 Å². The average Bonchev–Trinajstić information content (AvgIpc) is 2.78. The second-order valence-corrected chi connectivity index (χ2v) is 7.17. The highest BCUT2D eigenvalue weighted by molar-refractivity contribution is 9.10. The number of aryl methyl sites for hydroxylation is 2. The third-order valence-corrected chi connectivity index (χ3v) is 5.56. The molecule has 9 heteroatoms. The van der Waals surface area contributed by atoms with Gasteiger partial charge in [0.2, 0.25) is 5.03 Å². The molecule has 0 saturated heterocycles. The van der Waals surface area contributed by atoms with Crippen LogP contribution in [0.4, 0.5) is 11.4 Å². The van der Waals surface area contributed by atoms with Gasteiger partial charge < -0.3 is 5.32 Å². The number of hydrogen-bond acceptors (Lipinski definition) is 5. The Labute approximate surface area is 130 Å². The van der Waals surface area contributed by atoms with Crippen LogP contribution in [0.3, 0.4) is 0 Å². The molecular formula is C12H14BrN5O2S. The molecule has 2 aromatic rings. The van der Waals surface area contributed by atoms with Gasteiger partial charge in [-0.05, 0) is 46.5 Å². The number of nitrogens with zero attached hydrogens (tertiary/aromatic N) is 3. The summed E-state index contributed by atoms with van der Waals surface area (Å²) in [6.45, 7) is 0.903.